The van der Waals surface area contributed by atoms with E-state index in [-0.39, 0.29) is 18.9 Å². The van der Waals surface area contributed by atoms with Crippen molar-refractivity contribution >= 4 is 23.1 Å². The van der Waals surface area contributed by atoms with Crippen LogP contribution >= 0.6 is 11.3 Å². The summed E-state index contributed by atoms with van der Waals surface area (Å²) in [6.45, 7) is 2.13. The van der Waals surface area contributed by atoms with E-state index in [1.165, 1.54) is 22.0 Å². The van der Waals surface area contributed by atoms with Crippen molar-refractivity contribution in [1.82, 2.24) is 4.57 Å². The lowest BCUT2D eigenvalue weighted by Gasteiger charge is -2.26. The van der Waals surface area contributed by atoms with E-state index >= 15 is 0 Å². The Morgan fingerprint density at radius 2 is 2.07 bits per heavy atom. The molecular weight excluding hydrogens is 379 g/mol. The summed E-state index contributed by atoms with van der Waals surface area (Å²) in [5, 5.41) is 0. The first-order valence-corrected chi connectivity index (χ1v) is 8.87. The first-order chi connectivity index (χ1) is 12.8. The minimum absolute atomic E-state index is 0.139. The largest absolute Gasteiger partial charge is 0.462 e. The molecule has 0 amide bonds. The van der Waals surface area contributed by atoms with Gasteiger partial charge in [-0.3, -0.25) is 9.36 Å². The van der Waals surface area contributed by atoms with Gasteiger partial charge in [0.25, 0.3) is 5.56 Å². The molecule has 1 aliphatic rings. The lowest BCUT2D eigenvalue weighted by Crippen LogP contribution is -2.42. The Morgan fingerprint density at radius 1 is 1.26 bits per heavy atom. The fourth-order valence-corrected chi connectivity index (χ4v) is 3.76. The number of fused-ring (bicyclic) bond motifs is 1. The molecule has 0 saturated heterocycles. The fourth-order valence-electron chi connectivity index (χ4n) is 2.81. The summed E-state index contributed by atoms with van der Waals surface area (Å²) < 4.78 is 46.2. The van der Waals surface area contributed by atoms with Gasteiger partial charge in [0.05, 0.1) is 10.1 Å². The zero-order valence-electron chi connectivity index (χ0n) is 14.2. The molecule has 2 aromatic heterocycles. The molecule has 0 unspecified atom stereocenters. The molecule has 9 heteroatoms. The van der Waals surface area contributed by atoms with Crippen molar-refractivity contribution in [2.24, 2.45) is 4.99 Å². The van der Waals surface area contributed by atoms with Gasteiger partial charge in [0.2, 0.25) is 0 Å². The second-order valence-corrected chi connectivity index (χ2v) is 7.11. The Bertz CT molecular complexity index is 1170. The van der Waals surface area contributed by atoms with E-state index in [9.17, 15) is 18.0 Å². The molecule has 0 bridgehead atoms. The molecule has 1 aliphatic heterocycles. The van der Waals surface area contributed by atoms with Crippen LogP contribution in [0.5, 0.6) is 0 Å². The van der Waals surface area contributed by atoms with Crippen LogP contribution in [-0.4, -0.2) is 11.2 Å². The van der Waals surface area contributed by atoms with E-state index in [1.807, 2.05) is 6.92 Å². The minimum Gasteiger partial charge on any atom is -0.462 e. The average Bonchev–Trinajstić information content (AvgIpc) is 3.18. The number of thiazole rings is 1. The monoisotopic (exact) mass is 393 g/mol. The Balaban J connectivity index is 1.69. The number of hydrogen-bond acceptors (Lipinski definition) is 5. The molecule has 5 nitrogen and oxygen atoms in total. The topological polar surface area (TPSA) is 50.7 Å². The van der Waals surface area contributed by atoms with Crippen molar-refractivity contribution in [3.8, 4) is 0 Å². The second kappa shape index (κ2) is 6.41. The number of rotatable bonds is 2. The molecule has 0 fully saturated rings. The molecule has 0 N–H and O–H groups in total. The van der Waals surface area contributed by atoms with Crippen LogP contribution in [0.3, 0.4) is 0 Å². The van der Waals surface area contributed by atoms with Crippen molar-refractivity contribution < 1.29 is 17.6 Å². The highest BCUT2D eigenvalue weighted by molar-refractivity contribution is 7.07. The van der Waals surface area contributed by atoms with Gasteiger partial charge in [0.15, 0.2) is 4.80 Å². The van der Waals surface area contributed by atoms with Crippen molar-refractivity contribution in [3.63, 3.8) is 0 Å². The van der Waals surface area contributed by atoms with Crippen LogP contribution in [0.25, 0.3) is 6.08 Å². The summed E-state index contributed by atoms with van der Waals surface area (Å²) in [4.78, 5) is 19.2. The number of benzene rings is 1. The van der Waals surface area contributed by atoms with Crippen LogP contribution in [0.2, 0.25) is 0 Å². The van der Waals surface area contributed by atoms with E-state index in [4.69, 9.17) is 4.42 Å². The molecule has 27 heavy (non-hydrogen) atoms. The van der Waals surface area contributed by atoms with Crippen LogP contribution in [-0.2, 0) is 12.8 Å². The third-order valence-electron chi connectivity index (χ3n) is 4.15. The number of furan rings is 1. The highest BCUT2D eigenvalue weighted by atomic mass is 32.1. The number of alkyl halides is 3. The van der Waals surface area contributed by atoms with Gasteiger partial charge in [-0.2, -0.15) is 13.2 Å². The lowest BCUT2D eigenvalue weighted by molar-refractivity contribution is -0.137. The minimum atomic E-state index is -4.42. The van der Waals surface area contributed by atoms with Gasteiger partial charge in [-0.15, -0.1) is 0 Å². The highest BCUT2D eigenvalue weighted by Gasteiger charge is 2.31. The van der Waals surface area contributed by atoms with Crippen molar-refractivity contribution in [1.29, 1.82) is 0 Å². The summed E-state index contributed by atoms with van der Waals surface area (Å²) in [6.07, 6.45) is -2.77. The SMILES string of the molecule is Cc1ccc(/C=c2/sc3n(c2=O)CN(c2cccc(C(F)(F)F)c2)CN=3)o1. The second-order valence-electron chi connectivity index (χ2n) is 6.10. The molecule has 3 heterocycles. The zero-order chi connectivity index (χ0) is 19.2. The molecule has 140 valence electrons. The maximum Gasteiger partial charge on any atom is 0.416 e. The van der Waals surface area contributed by atoms with Gasteiger partial charge in [0, 0.05) is 11.8 Å². The number of halogens is 3. The standard InChI is InChI=1S/C18H14F3N3O2S/c1-11-5-6-14(26-11)8-15-16(25)24-10-23(9-22-17(24)27-15)13-4-2-3-12(7-13)18(19,20)21/h2-8H,9-10H2,1H3/b15-8+. The molecule has 1 aromatic carbocycles. The van der Waals surface area contributed by atoms with Gasteiger partial charge < -0.3 is 9.32 Å². The summed E-state index contributed by atoms with van der Waals surface area (Å²) in [5.74, 6) is 1.31. The summed E-state index contributed by atoms with van der Waals surface area (Å²) in [6, 6.07) is 8.58. The first kappa shape index (κ1) is 17.6. The van der Waals surface area contributed by atoms with Gasteiger partial charge in [-0.05, 0) is 37.3 Å². The predicted molar refractivity (Wildman–Crippen MR) is 95.2 cm³/mol. The van der Waals surface area contributed by atoms with Crippen LogP contribution in [0, 0.1) is 6.92 Å². The molecule has 0 radical (unpaired) electrons. The summed E-state index contributed by atoms with van der Waals surface area (Å²) in [7, 11) is 0. The fraction of sp³-hybridized carbons (Fsp3) is 0.222. The molecule has 0 atom stereocenters. The van der Waals surface area contributed by atoms with Gasteiger partial charge in [-0.1, -0.05) is 17.4 Å². The van der Waals surface area contributed by atoms with E-state index < -0.39 is 11.7 Å². The number of nitrogens with zero attached hydrogens (tertiary/aromatic N) is 3. The van der Waals surface area contributed by atoms with E-state index in [2.05, 4.69) is 4.99 Å². The van der Waals surface area contributed by atoms with Crippen molar-refractivity contribution in [3.05, 3.63) is 73.2 Å². The Kier molecular flexibility index (Phi) is 4.18. The van der Waals surface area contributed by atoms with E-state index in [0.29, 0.717) is 20.8 Å². The summed E-state index contributed by atoms with van der Waals surface area (Å²) in [5.41, 5.74) is -0.611. The molecule has 0 spiro atoms. The van der Waals surface area contributed by atoms with Crippen LogP contribution in [0.4, 0.5) is 18.9 Å². The highest BCUT2D eigenvalue weighted by Crippen LogP contribution is 2.31. The third-order valence-corrected chi connectivity index (χ3v) is 5.19. The maximum atomic E-state index is 12.9. The van der Waals surface area contributed by atoms with Gasteiger partial charge in [-0.25, -0.2) is 4.99 Å². The van der Waals surface area contributed by atoms with Crippen LogP contribution in [0.15, 0.2) is 50.6 Å². The van der Waals surface area contributed by atoms with Gasteiger partial charge >= 0.3 is 6.18 Å². The van der Waals surface area contributed by atoms with E-state index in [0.717, 1.165) is 17.9 Å². The Morgan fingerprint density at radius 3 is 2.78 bits per heavy atom. The van der Waals surface area contributed by atoms with Gasteiger partial charge in [0.1, 0.15) is 24.9 Å². The quantitative estimate of drug-likeness (QED) is 0.673. The number of hydrogen-bond donors (Lipinski definition) is 0. The maximum absolute atomic E-state index is 12.9. The normalized spacial score (nSPS) is 15.0. The summed E-state index contributed by atoms with van der Waals surface area (Å²) >= 11 is 1.23. The molecule has 0 saturated carbocycles. The zero-order valence-corrected chi connectivity index (χ0v) is 15.0. The van der Waals surface area contributed by atoms with Crippen LogP contribution in [0.1, 0.15) is 17.1 Å². The number of aryl methyl sites for hydroxylation is 1. The van der Waals surface area contributed by atoms with E-state index in [1.54, 1.807) is 29.2 Å². The lowest BCUT2D eigenvalue weighted by atomic mass is 10.2. The predicted octanol–water partition coefficient (Wildman–Crippen LogP) is 2.71. The van der Waals surface area contributed by atoms with Crippen molar-refractivity contribution in [2.45, 2.75) is 19.8 Å². The molecule has 4 rings (SSSR count). The molecular formula is C18H14F3N3O2S. The number of aromatic nitrogens is 1. The Hall–Kier alpha value is -2.81. The number of anilines is 1. The third kappa shape index (κ3) is 3.42. The first-order valence-electron chi connectivity index (χ1n) is 8.06. The Labute approximate surface area is 155 Å². The van der Waals surface area contributed by atoms with Crippen LogP contribution < -0.4 is 19.8 Å². The molecule has 3 aromatic rings. The smallest absolute Gasteiger partial charge is 0.416 e. The average molecular weight is 393 g/mol. The van der Waals surface area contributed by atoms with Crippen molar-refractivity contribution in [2.75, 3.05) is 11.6 Å². The molecule has 0 aliphatic carbocycles.